The Morgan fingerprint density at radius 3 is 2.80 bits per heavy atom. The van der Waals surface area contributed by atoms with Crippen molar-refractivity contribution in [1.82, 2.24) is 14.9 Å². The second kappa shape index (κ2) is 7.33. The lowest BCUT2D eigenvalue weighted by atomic mass is 10.2. The minimum absolute atomic E-state index is 0. The first-order valence-corrected chi connectivity index (χ1v) is 6.31. The van der Waals surface area contributed by atoms with E-state index >= 15 is 0 Å². The molecule has 9 heteroatoms. The molecule has 2 rings (SSSR count). The van der Waals surface area contributed by atoms with E-state index in [9.17, 15) is 0 Å². The predicted octanol–water partition coefficient (Wildman–Crippen LogP) is 2.73. The maximum absolute atomic E-state index is 6.02. The summed E-state index contributed by atoms with van der Waals surface area (Å²) in [6.07, 6.45) is 2.23. The van der Waals surface area contributed by atoms with Gasteiger partial charge < -0.3 is 5.84 Å². The molecule has 0 amide bonds. The summed E-state index contributed by atoms with van der Waals surface area (Å²) in [7, 11) is 0. The molecule has 2 aromatic rings. The third-order valence-electron chi connectivity index (χ3n) is 2.43. The van der Waals surface area contributed by atoms with Crippen LogP contribution in [0.2, 0.25) is 10.0 Å². The number of hydrazone groups is 1. The van der Waals surface area contributed by atoms with Crippen LogP contribution in [0.5, 0.6) is 0 Å². The molecule has 0 fully saturated rings. The Morgan fingerprint density at radius 1 is 1.40 bits per heavy atom. The molecular formula is C11H13Cl3N6. The van der Waals surface area contributed by atoms with Crippen LogP contribution in [-0.2, 0) is 6.42 Å². The molecule has 6 nitrogen and oxygen atoms in total. The highest BCUT2D eigenvalue weighted by Crippen LogP contribution is 2.24. The fourth-order valence-corrected chi connectivity index (χ4v) is 1.78. The fraction of sp³-hybridized carbons (Fsp3) is 0.182. The zero-order valence-electron chi connectivity index (χ0n) is 10.5. The van der Waals surface area contributed by atoms with Gasteiger partial charge in [-0.05, 0) is 6.07 Å². The Bertz CT molecular complexity index is 610. The Labute approximate surface area is 132 Å². The number of hydrogen-bond donors (Lipinski definition) is 2. The van der Waals surface area contributed by atoms with Gasteiger partial charge in [-0.1, -0.05) is 42.3 Å². The standard InChI is InChI=1S/C11H12Cl2N6.ClH/c1-2-9-16-18-11(19(9)14)17-15-6-7-4-3-5-8(12)10(7)13;/h3-6H,2,14H2,1H3,(H,17,18);1H/b15-6-;. The van der Waals surface area contributed by atoms with Crippen molar-refractivity contribution in [2.24, 2.45) is 5.10 Å². The summed E-state index contributed by atoms with van der Waals surface area (Å²) >= 11 is 11.9. The lowest BCUT2D eigenvalue weighted by Crippen LogP contribution is -2.14. The van der Waals surface area contributed by atoms with E-state index in [1.165, 1.54) is 10.9 Å². The summed E-state index contributed by atoms with van der Waals surface area (Å²) in [5.74, 6) is 6.77. The smallest absolute Gasteiger partial charge is 0.263 e. The van der Waals surface area contributed by atoms with Crippen LogP contribution >= 0.6 is 35.6 Å². The normalized spacial score (nSPS) is 10.6. The minimum Gasteiger partial charge on any atom is -0.335 e. The van der Waals surface area contributed by atoms with E-state index < -0.39 is 0 Å². The van der Waals surface area contributed by atoms with Crippen LogP contribution in [-0.4, -0.2) is 21.1 Å². The number of hydrogen-bond acceptors (Lipinski definition) is 5. The number of halogens is 3. The molecular weight excluding hydrogens is 323 g/mol. The van der Waals surface area contributed by atoms with Gasteiger partial charge in [0.2, 0.25) is 0 Å². The van der Waals surface area contributed by atoms with E-state index in [0.29, 0.717) is 33.8 Å². The molecule has 0 spiro atoms. The molecule has 0 aliphatic heterocycles. The molecule has 1 aromatic heterocycles. The molecule has 0 saturated heterocycles. The number of benzene rings is 1. The van der Waals surface area contributed by atoms with Crippen LogP contribution in [0.1, 0.15) is 18.3 Å². The predicted molar refractivity (Wildman–Crippen MR) is 84.5 cm³/mol. The van der Waals surface area contributed by atoms with Gasteiger partial charge in [-0.2, -0.15) is 5.10 Å². The van der Waals surface area contributed by atoms with Gasteiger partial charge in [-0.25, -0.2) is 10.1 Å². The maximum Gasteiger partial charge on any atom is 0.263 e. The highest BCUT2D eigenvalue weighted by molar-refractivity contribution is 6.43. The zero-order chi connectivity index (χ0) is 13.8. The monoisotopic (exact) mass is 334 g/mol. The zero-order valence-corrected chi connectivity index (χ0v) is 12.9. The number of rotatable bonds is 4. The quantitative estimate of drug-likeness (QED) is 0.511. The minimum atomic E-state index is 0. The number of anilines is 1. The molecule has 0 aliphatic carbocycles. The first-order valence-electron chi connectivity index (χ1n) is 5.56. The van der Waals surface area contributed by atoms with Crippen molar-refractivity contribution in [2.45, 2.75) is 13.3 Å². The molecule has 1 aromatic carbocycles. The van der Waals surface area contributed by atoms with Gasteiger partial charge in [0, 0.05) is 12.0 Å². The average molecular weight is 336 g/mol. The Morgan fingerprint density at radius 2 is 2.15 bits per heavy atom. The second-order valence-corrected chi connectivity index (χ2v) is 4.46. The van der Waals surface area contributed by atoms with Crippen molar-refractivity contribution < 1.29 is 0 Å². The van der Waals surface area contributed by atoms with Gasteiger partial charge in [0.25, 0.3) is 5.95 Å². The van der Waals surface area contributed by atoms with Gasteiger partial charge in [-0.15, -0.1) is 22.6 Å². The van der Waals surface area contributed by atoms with Crippen molar-refractivity contribution in [1.29, 1.82) is 0 Å². The lowest BCUT2D eigenvalue weighted by Gasteiger charge is -2.01. The number of nitrogens with two attached hydrogens (primary N) is 1. The SMILES string of the molecule is CCc1nnc(N/N=C\c2cccc(Cl)c2Cl)n1N.Cl. The molecule has 0 aliphatic rings. The topological polar surface area (TPSA) is 81.1 Å². The van der Waals surface area contributed by atoms with Crippen molar-refractivity contribution in [3.05, 3.63) is 39.6 Å². The largest absolute Gasteiger partial charge is 0.335 e. The average Bonchev–Trinajstić information content (AvgIpc) is 2.75. The first kappa shape index (κ1) is 16.6. The Kier molecular flexibility index (Phi) is 6.06. The summed E-state index contributed by atoms with van der Waals surface area (Å²) in [5, 5.41) is 12.7. The van der Waals surface area contributed by atoms with E-state index in [1.54, 1.807) is 18.2 Å². The maximum atomic E-state index is 6.02. The Balaban J connectivity index is 0.00000200. The number of nitrogen functional groups attached to an aromatic ring is 1. The van der Waals surface area contributed by atoms with Crippen LogP contribution in [0.25, 0.3) is 0 Å². The molecule has 1 heterocycles. The highest BCUT2D eigenvalue weighted by Gasteiger charge is 2.06. The Hall–Kier alpha value is -1.50. The van der Waals surface area contributed by atoms with Crippen molar-refractivity contribution in [3.63, 3.8) is 0 Å². The third-order valence-corrected chi connectivity index (χ3v) is 3.27. The van der Waals surface area contributed by atoms with Gasteiger partial charge in [0.15, 0.2) is 5.82 Å². The lowest BCUT2D eigenvalue weighted by molar-refractivity contribution is 0.855. The van der Waals surface area contributed by atoms with Gasteiger partial charge in [-0.3, -0.25) is 0 Å². The fourth-order valence-electron chi connectivity index (χ4n) is 1.42. The third kappa shape index (κ3) is 3.53. The van der Waals surface area contributed by atoms with Crippen molar-refractivity contribution in [2.75, 3.05) is 11.3 Å². The van der Waals surface area contributed by atoms with Gasteiger partial charge in [0.1, 0.15) is 0 Å². The summed E-state index contributed by atoms with van der Waals surface area (Å²) in [4.78, 5) is 0. The summed E-state index contributed by atoms with van der Waals surface area (Å²) in [6.45, 7) is 1.94. The molecule has 20 heavy (non-hydrogen) atoms. The highest BCUT2D eigenvalue weighted by atomic mass is 35.5. The molecule has 0 saturated carbocycles. The van der Waals surface area contributed by atoms with E-state index in [1.807, 2.05) is 6.92 Å². The summed E-state index contributed by atoms with van der Waals surface area (Å²) in [5.41, 5.74) is 3.39. The van der Waals surface area contributed by atoms with Crippen LogP contribution in [0.4, 0.5) is 5.95 Å². The number of aryl methyl sites for hydroxylation is 1. The molecule has 0 atom stereocenters. The van der Waals surface area contributed by atoms with E-state index in [2.05, 4.69) is 20.7 Å². The molecule has 3 N–H and O–H groups in total. The van der Waals surface area contributed by atoms with Gasteiger partial charge in [0.05, 0.1) is 16.3 Å². The van der Waals surface area contributed by atoms with Crippen molar-refractivity contribution >= 4 is 47.8 Å². The second-order valence-electron chi connectivity index (χ2n) is 3.68. The first-order chi connectivity index (χ1) is 9.13. The summed E-state index contributed by atoms with van der Waals surface area (Å²) < 4.78 is 1.34. The van der Waals surface area contributed by atoms with E-state index in [4.69, 9.17) is 29.0 Å². The van der Waals surface area contributed by atoms with Crippen molar-refractivity contribution in [3.8, 4) is 0 Å². The molecule has 0 bridgehead atoms. The number of aromatic nitrogens is 3. The molecule has 0 radical (unpaired) electrons. The van der Waals surface area contributed by atoms with Crippen LogP contribution in [0.15, 0.2) is 23.3 Å². The van der Waals surface area contributed by atoms with Crippen LogP contribution < -0.4 is 11.3 Å². The number of nitrogens with one attached hydrogen (secondary N) is 1. The van der Waals surface area contributed by atoms with Gasteiger partial charge >= 0.3 is 0 Å². The molecule has 108 valence electrons. The summed E-state index contributed by atoms with van der Waals surface area (Å²) in [6, 6.07) is 5.29. The van der Waals surface area contributed by atoms with Crippen LogP contribution in [0, 0.1) is 0 Å². The van der Waals surface area contributed by atoms with Crippen LogP contribution in [0.3, 0.4) is 0 Å². The molecule has 0 unspecified atom stereocenters. The number of nitrogens with zero attached hydrogens (tertiary/aromatic N) is 4. The van der Waals surface area contributed by atoms with E-state index in [-0.39, 0.29) is 12.4 Å². The van der Waals surface area contributed by atoms with E-state index in [0.717, 1.165) is 0 Å².